The zero-order valence-corrected chi connectivity index (χ0v) is 9.32. The van der Waals surface area contributed by atoms with E-state index in [2.05, 4.69) is 4.98 Å². The largest absolute Gasteiger partial charge is 0.399 e. The van der Waals surface area contributed by atoms with Gasteiger partial charge in [0.05, 0.1) is 0 Å². The summed E-state index contributed by atoms with van der Waals surface area (Å²) in [6.07, 6.45) is 0. The standard InChI is InChI=1S/C11H13N5O/c1-16(11(13)14)10(17)9-4-6-2-3-7(12)5-8(6)15-9/h2-5,15H,12H2,1H3,(H3,13,14). The molecule has 0 saturated heterocycles. The predicted molar refractivity (Wildman–Crippen MR) is 66.7 cm³/mol. The Morgan fingerprint density at radius 1 is 1.41 bits per heavy atom. The van der Waals surface area contributed by atoms with Gasteiger partial charge in [0.2, 0.25) is 0 Å². The first-order chi connectivity index (χ1) is 7.99. The molecule has 1 amide bonds. The minimum atomic E-state index is -0.354. The summed E-state index contributed by atoms with van der Waals surface area (Å²) < 4.78 is 0. The van der Waals surface area contributed by atoms with Crippen molar-refractivity contribution in [2.75, 3.05) is 12.8 Å². The van der Waals surface area contributed by atoms with Gasteiger partial charge in [-0.15, -0.1) is 0 Å². The van der Waals surface area contributed by atoms with Crippen molar-refractivity contribution in [3.05, 3.63) is 30.0 Å². The molecule has 0 aliphatic carbocycles. The van der Waals surface area contributed by atoms with Gasteiger partial charge in [0.1, 0.15) is 5.69 Å². The number of carbonyl (C=O) groups excluding carboxylic acids is 1. The van der Waals surface area contributed by atoms with Gasteiger partial charge in [-0.3, -0.25) is 15.1 Å². The summed E-state index contributed by atoms with van der Waals surface area (Å²) in [5.41, 5.74) is 12.7. The molecule has 0 spiro atoms. The number of amides is 1. The van der Waals surface area contributed by atoms with E-state index in [1.165, 1.54) is 7.05 Å². The lowest BCUT2D eigenvalue weighted by molar-refractivity contribution is 0.0864. The van der Waals surface area contributed by atoms with Crippen LogP contribution in [0.5, 0.6) is 0 Å². The maximum absolute atomic E-state index is 11.9. The van der Waals surface area contributed by atoms with Crippen LogP contribution in [0.3, 0.4) is 0 Å². The quantitative estimate of drug-likeness (QED) is 0.329. The molecule has 88 valence electrons. The Morgan fingerprint density at radius 3 is 2.76 bits per heavy atom. The topological polar surface area (TPSA) is 112 Å². The van der Waals surface area contributed by atoms with Gasteiger partial charge < -0.3 is 16.5 Å². The Balaban J connectivity index is 2.43. The molecule has 2 aromatic rings. The number of nitrogens with two attached hydrogens (primary N) is 2. The van der Waals surface area contributed by atoms with Gasteiger partial charge in [-0.1, -0.05) is 6.07 Å². The second-order valence-electron chi connectivity index (χ2n) is 3.78. The molecular formula is C11H13N5O. The molecule has 1 heterocycles. The average molecular weight is 231 g/mol. The van der Waals surface area contributed by atoms with Crippen molar-refractivity contribution < 1.29 is 4.79 Å². The van der Waals surface area contributed by atoms with Crippen LogP contribution in [0.1, 0.15) is 10.5 Å². The third kappa shape index (κ3) is 1.92. The summed E-state index contributed by atoms with van der Waals surface area (Å²) in [6, 6.07) is 7.04. The van der Waals surface area contributed by atoms with Gasteiger partial charge in [0.15, 0.2) is 5.96 Å². The Hall–Kier alpha value is -2.50. The van der Waals surface area contributed by atoms with Crippen molar-refractivity contribution >= 4 is 28.5 Å². The SMILES string of the molecule is CN(C(=N)N)C(=O)c1cc2ccc(N)cc2[nH]1. The van der Waals surface area contributed by atoms with E-state index in [9.17, 15) is 4.79 Å². The highest BCUT2D eigenvalue weighted by molar-refractivity contribution is 6.05. The van der Waals surface area contributed by atoms with Crippen molar-refractivity contribution in [2.24, 2.45) is 5.73 Å². The second-order valence-corrected chi connectivity index (χ2v) is 3.78. The van der Waals surface area contributed by atoms with Gasteiger partial charge >= 0.3 is 0 Å². The summed E-state index contributed by atoms with van der Waals surface area (Å²) in [4.78, 5) is 15.9. The van der Waals surface area contributed by atoms with E-state index in [0.717, 1.165) is 15.8 Å². The number of aromatic nitrogens is 1. The summed E-state index contributed by atoms with van der Waals surface area (Å²) in [6.45, 7) is 0. The zero-order valence-electron chi connectivity index (χ0n) is 9.32. The van der Waals surface area contributed by atoms with Crippen LogP contribution < -0.4 is 11.5 Å². The van der Waals surface area contributed by atoms with E-state index in [4.69, 9.17) is 16.9 Å². The molecule has 0 saturated carbocycles. The number of nitrogens with zero attached hydrogens (tertiary/aromatic N) is 1. The predicted octanol–water partition coefficient (Wildman–Crippen LogP) is 0.716. The van der Waals surface area contributed by atoms with E-state index < -0.39 is 0 Å². The number of H-pyrrole nitrogens is 1. The van der Waals surface area contributed by atoms with Gasteiger partial charge in [-0.05, 0) is 18.2 Å². The molecule has 0 atom stereocenters. The maximum atomic E-state index is 11.9. The van der Waals surface area contributed by atoms with Crippen molar-refractivity contribution in [3.8, 4) is 0 Å². The highest BCUT2D eigenvalue weighted by Crippen LogP contribution is 2.18. The molecule has 1 aromatic carbocycles. The van der Waals surface area contributed by atoms with Gasteiger partial charge in [-0.2, -0.15) is 0 Å². The smallest absolute Gasteiger partial charge is 0.276 e. The van der Waals surface area contributed by atoms with Crippen molar-refractivity contribution in [3.63, 3.8) is 0 Å². The number of nitrogen functional groups attached to an aromatic ring is 1. The van der Waals surface area contributed by atoms with E-state index in [-0.39, 0.29) is 11.9 Å². The number of rotatable bonds is 1. The Labute approximate surface area is 97.7 Å². The van der Waals surface area contributed by atoms with E-state index in [1.807, 2.05) is 6.07 Å². The van der Waals surface area contributed by atoms with Crippen LogP contribution in [-0.2, 0) is 0 Å². The average Bonchev–Trinajstić information content (AvgIpc) is 2.69. The summed E-state index contributed by atoms with van der Waals surface area (Å²) >= 11 is 0. The van der Waals surface area contributed by atoms with E-state index in [0.29, 0.717) is 11.4 Å². The molecule has 6 N–H and O–H groups in total. The number of fused-ring (bicyclic) bond motifs is 1. The first kappa shape index (κ1) is 11.0. The molecule has 0 unspecified atom stereocenters. The van der Waals surface area contributed by atoms with Crippen LogP contribution in [0.2, 0.25) is 0 Å². The number of anilines is 1. The number of carbonyl (C=O) groups is 1. The van der Waals surface area contributed by atoms with Crippen molar-refractivity contribution in [2.45, 2.75) is 0 Å². The highest BCUT2D eigenvalue weighted by atomic mass is 16.2. The van der Waals surface area contributed by atoms with Crippen molar-refractivity contribution in [1.82, 2.24) is 9.88 Å². The summed E-state index contributed by atoms with van der Waals surface area (Å²) in [5, 5.41) is 8.09. The number of nitrogens with one attached hydrogen (secondary N) is 2. The fraction of sp³-hybridized carbons (Fsp3) is 0.0909. The van der Waals surface area contributed by atoms with Gasteiger partial charge in [-0.25, -0.2) is 0 Å². The summed E-state index contributed by atoms with van der Waals surface area (Å²) in [5.74, 6) is -0.652. The lowest BCUT2D eigenvalue weighted by Gasteiger charge is -2.12. The monoisotopic (exact) mass is 231 g/mol. The molecule has 0 bridgehead atoms. The third-order valence-electron chi connectivity index (χ3n) is 2.54. The Bertz CT molecular complexity index is 601. The van der Waals surface area contributed by atoms with Crippen LogP contribution in [-0.4, -0.2) is 28.8 Å². The molecular weight excluding hydrogens is 218 g/mol. The molecule has 1 aromatic heterocycles. The Kier molecular flexibility index (Phi) is 2.47. The maximum Gasteiger partial charge on any atom is 0.276 e. The highest BCUT2D eigenvalue weighted by Gasteiger charge is 2.16. The first-order valence-electron chi connectivity index (χ1n) is 4.99. The Morgan fingerprint density at radius 2 is 2.12 bits per heavy atom. The number of guanidine groups is 1. The third-order valence-corrected chi connectivity index (χ3v) is 2.54. The molecule has 6 nitrogen and oxygen atoms in total. The van der Waals surface area contributed by atoms with Crippen LogP contribution in [0, 0.1) is 5.41 Å². The normalized spacial score (nSPS) is 10.4. The molecule has 6 heteroatoms. The number of hydrogen-bond donors (Lipinski definition) is 4. The van der Waals surface area contributed by atoms with Crippen LogP contribution in [0.15, 0.2) is 24.3 Å². The second kappa shape index (κ2) is 3.82. The lowest BCUT2D eigenvalue weighted by atomic mass is 10.2. The van der Waals surface area contributed by atoms with Gasteiger partial charge in [0.25, 0.3) is 5.91 Å². The number of hydrogen-bond acceptors (Lipinski definition) is 3. The fourth-order valence-electron chi connectivity index (χ4n) is 1.55. The number of benzene rings is 1. The molecule has 17 heavy (non-hydrogen) atoms. The van der Waals surface area contributed by atoms with Crippen LogP contribution in [0.25, 0.3) is 10.9 Å². The van der Waals surface area contributed by atoms with Crippen LogP contribution in [0.4, 0.5) is 5.69 Å². The van der Waals surface area contributed by atoms with Gasteiger partial charge in [0, 0.05) is 23.6 Å². The zero-order chi connectivity index (χ0) is 12.6. The minimum absolute atomic E-state index is 0.298. The van der Waals surface area contributed by atoms with Crippen LogP contribution >= 0.6 is 0 Å². The summed E-state index contributed by atoms with van der Waals surface area (Å²) in [7, 11) is 1.45. The molecule has 2 rings (SSSR count). The van der Waals surface area contributed by atoms with E-state index in [1.54, 1.807) is 18.2 Å². The first-order valence-corrected chi connectivity index (χ1v) is 4.99. The molecule has 0 fully saturated rings. The van der Waals surface area contributed by atoms with Crippen molar-refractivity contribution in [1.29, 1.82) is 5.41 Å². The molecule has 0 aliphatic heterocycles. The molecule has 0 aliphatic rings. The number of aromatic amines is 1. The van der Waals surface area contributed by atoms with E-state index >= 15 is 0 Å². The minimum Gasteiger partial charge on any atom is -0.399 e. The molecule has 0 radical (unpaired) electrons. The lowest BCUT2D eigenvalue weighted by Crippen LogP contribution is -2.38. The fourth-order valence-corrected chi connectivity index (χ4v) is 1.55.